The van der Waals surface area contributed by atoms with Gasteiger partial charge in [-0.15, -0.1) is 0 Å². The van der Waals surface area contributed by atoms with Gasteiger partial charge >= 0.3 is 0 Å². The van der Waals surface area contributed by atoms with Gasteiger partial charge in [0.05, 0.1) is 10.2 Å². The van der Waals surface area contributed by atoms with Crippen LogP contribution >= 0.6 is 27.5 Å². The van der Waals surface area contributed by atoms with E-state index < -0.39 is 0 Å². The van der Waals surface area contributed by atoms with E-state index in [2.05, 4.69) is 32.8 Å². The van der Waals surface area contributed by atoms with E-state index in [-0.39, 0.29) is 0 Å². The van der Waals surface area contributed by atoms with Gasteiger partial charge in [-0.3, -0.25) is 0 Å². The molecule has 0 aliphatic heterocycles. The van der Waals surface area contributed by atoms with E-state index in [1.807, 2.05) is 0 Å². The van der Waals surface area contributed by atoms with Crippen LogP contribution in [-0.4, -0.2) is 9.97 Å². The highest BCUT2D eigenvalue weighted by Gasteiger charge is 2.24. The molecule has 0 aromatic carbocycles. The third-order valence-electron chi connectivity index (χ3n) is 2.85. The molecule has 0 N–H and O–H groups in total. The second-order valence-corrected chi connectivity index (χ2v) is 5.16. The zero-order valence-electron chi connectivity index (χ0n) is 8.76. The van der Waals surface area contributed by atoms with Crippen molar-refractivity contribution in [2.75, 3.05) is 0 Å². The van der Waals surface area contributed by atoms with Gasteiger partial charge in [-0.2, -0.15) is 0 Å². The van der Waals surface area contributed by atoms with Crippen molar-refractivity contribution in [2.24, 2.45) is 0 Å². The van der Waals surface area contributed by atoms with Gasteiger partial charge in [-0.05, 0) is 35.2 Å². The molecular formula is C11H14BrClN2. The summed E-state index contributed by atoms with van der Waals surface area (Å²) in [4.78, 5) is 8.95. The van der Waals surface area contributed by atoms with Crippen LogP contribution in [0, 0.1) is 0 Å². The van der Waals surface area contributed by atoms with Crippen LogP contribution in [0.15, 0.2) is 4.47 Å². The molecule has 1 aromatic heterocycles. The van der Waals surface area contributed by atoms with Crippen molar-refractivity contribution in [1.82, 2.24) is 9.97 Å². The molecule has 1 heterocycles. The maximum absolute atomic E-state index is 6.08. The summed E-state index contributed by atoms with van der Waals surface area (Å²) in [7, 11) is 0. The number of hydrogen-bond acceptors (Lipinski definition) is 2. The Morgan fingerprint density at radius 1 is 1.40 bits per heavy atom. The first-order valence-corrected chi connectivity index (χ1v) is 6.61. The zero-order valence-corrected chi connectivity index (χ0v) is 11.1. The molecule has 0 radical (unpaired) electrons. The molecule has 2 rings (SSSR count). The number of rotatable bonds is 3. The summed E-state index contributed by atoms with van der Waals surface area (Å²) in [5, 5.41) is 0.565. The van der Waals surface area contributed by atoms with E-state index >= 15 is 0 Å². The molecule has 0 spiro atoms. The van der Waals surface area contributed by atoms with Crippen LogP contribution in [-0.2, 0) is 6.42 Å². The van der Waals surface area contributed by atoms with Crippen LogP contribution in [0.2, 0.25) is 5.15 Å². The summed E-state index contributed by atoms with van der Waals surface area (Å²) in [6, 6.07) is 0. The average molecular weight is 290 g/mol. The third kappa shape index (κ3) is 2.34. The van der Waals surface area contributed by atoms with Crippen molar-refractivity contribution in [3.63, 3.8) is 0 Å². The molecule has 0 atom stereocenters. The van der Waals surface area contributed by atoms with Gasteiger partial charge in [-0.25, -0.2) is 9.97 Å². The molecule has 0 unspecified atom stereocenters. The molecule has 1 aliphatic rings. The Balaban J connectivity index is 2.31. The maximum Gasteiger partial charge on any atom is 0.147 e. The van der Waals surface area contributed by atoms with Crippen LogP contribution in [0.25, 0.3) is 0 Å². The molecule has 0 saturated heterocycles. The summed E-state index contributed by atoms with van der Waals surface area (Å²) in [5.74, 6) is 1.49. The largest absolute Gasteiger partial charge is 0.236 e. The lowest BCUT2D eigenvalue weighted by molar-refractivity contribution is 0.400. The van der Waals surface area contributed by atoms with Crippen molar-refractivity contribution >= 4 is 27.5 Å². The SMILES string of the molecule is CCCc1nc(C2CCC2)nc(Cl)c1Br. The fraction of sp³-hybridized carbons (Fsp3) is 0.636. The average Bonchev–Trinajstić information content (AvgIpc) is 2.11. The molecule has 1 aromatic rings. The number of hydrogen-bond donors (Lipinski definition) is 0. The predicted octanol–water partition coefficient (Wildman–Crippen LogP) is 4.11. The lowest BCUT2D eigenvalue weighted by Crippen LogP contribution is -2.14. The Hall–Kier alpha value is -0.150. The molecule has 0 amide bonds. The number of halogens is 2. The number of nitrogens with zero attached hydrogens (tertiary/aromatic N) is 2. The van der Waals surface area contributed by atoms with Crippen LogP contribution < -0.4 is 0 Å². The normalized spacial score (nSPS) is 16.5. The van der Waals surface area contributed by atoms with Crippen LogP contribution in [0.1, 0.15) is 50.0 Å². The molecule has 1 aliphatic carbocycles. The van der Waals surface area contributed by atoms with Crippen LogP contribution in [0.4, 0.5) is 0 Å². The third-order valence-corrected chi connectivity index (χ3v) is 4.19. The summed E-state index contributed by atoms with van der Waals surface area (Å²) in [5.41, 5.74) is 1.06. The standard InChI is InChI=1S/C11H14BrClN2/c1-2-4-8-9(12)10(13)15-11(14-8)7-5-3-6-7/h7H,2-6H2,1H3. The minimum absolute atomic E-state index is 0.547. The topological polar surface area (TPSA) is 25.8 Å². The Kier molecular flexibility index (Phi) is 3.62. The molecular weight excluding hydrogens is 275 g/mol. The summed E-state index contributed by atoms with van der Waals surface area (Å²) in [6.45, 7) is 2.14. The molecule has 1 fully saturated rings. The van der Waals surface area contributed by atoms with Crippen molar-refractivity contribution < 1.29 is 0 Å². The number of aromatic nitrogens is 2. The first-order valence-electron chi connectivity index (χ1n) is 5.44. The van der Waals surface area contributed by atoms with Gasteiger partial charge in [0.2, 0.25) is 0 Å². The molecule has 4 heteroatoms. The van der Waals surface area contributed by atoms with E-state index in [1.165, 1.54) is 19.3 Å². The molecule has 0 bridgehead atoms. The van der Waals surface area contributed by atoms with Crippen LogP contribution in [0.5, 0.6) is 0 Å². The quantitative estimate of drug-likeness (QED) is 0.783. The van der Waals surface area contributed by atoms with Gasteiger partial charge in [0.25, 0.3) is 0 Å². The maximum atomic E-state index is 6.08. The van der Waals surface area contributed by atoms with E-state index in [4.69, 9.17) is 11.6 Å². The zero-order chi connectivity index (χ0) is 10.8. The summed E-state index contributed by atoms with van der Waals surface area (Å²) < 4.78 is 0.870. The molecule has 2 nitrogen and oxygen atoms in total. The Morgan fingerprint density at radius 2 is 2.13 bits per heavy atom. The highest BCUT2D eigenvalue weighted by atomic mass is 79.9. The van der Waals surface area contributed by atoms with Crippen molar-refractivity contribution in [3.8, 4) is 0 Å². The highest BCUT2D eigenvalue weighted by Crippen LogP contribution is 2.36. The van der Waals surface area contributed by atoms with Crippen molar-refractivity contribution in [2.45, 2.75) is 44.9 Å². The van der Waals surface area contributed by atoms with E-state index in [0.717, 1.165) is 28.8 Å². The Morgan fingerprint density at radius 3 is 2.67 bits per heavy atom. The lowest BCUT2D eigenvalue weighted by atomic mass is 9.85. The monoisotopic (exact) mass is 288 g/mol. The van der Waals surface area contributed by atoms with E-state index in [0.29, 0.717) is 11.1 Å². The van der Waals surface area contributed by atoms with E-state index in [1.54, 1.807) is 0 Å². The van der Waals surface area contributed by atoms with Crippen LogP contribution in [0.3, 0.4) is 0 Å². The minimum Gasteiger partial charge on any atom is -0.236 e. The lowest BCUT2D eigenvalue weighted by Gasteiger charge is -2.24. The number of aryl methyl sites for hydroxylation is 1. The molecule has 1 saturated carbocycles. The first-order chi connectivity index (χ1) is 7.22. The fourth-order valence-electron chi connectivity index (χ4n) is 1.73. The van der Waals surface area contributed by atoms with Crippen molar-refractivity contribution in [1.29, 1.82) is 0 Å². The predicted molar refractivity (Wildman–Crippen MR) is 65.3 cm³/mol. The highest BCUT2D eigenvalue weighted by molar-refractivity contribution is 9.10. The van der Waals surface area contributed by atoms with Gasteiger partial charge in [0.1, 0.15) is 11.0 Å². The molecule has 82 valence electrons. The first kappa shape index (κ1) is 11.3. The molecule has 15 heavy (non-hydrogen) atoms. The van der Waals surface area contributed by atoms with Gasteiger partial charge in [-0.1, -0.05) is 31.4 Å². The fourth-order valence-corrected chi connectivity index (χ4v) is 2.30. The van der Waals surface area contributed by atoms with Gasteiger partial charge in [0, 0.05) is 5.92 Å². The van der Waals surface area contributed by atoms with Crippen molar-refractivity contribution in [3.05, 3.63) is 21.1 Å². The minimum atomic E-state index is 0.547. The van der Waals surface area contributed by atoms with E-state index in [9.17, 15) is 0 Å². The second kappa shape index (κ2) is 4.79. The second-order valence-electron chi connectivity index (χ2n) is 4.01. The smallest absolute Gasteiger partial charge is 0.147 e. The summed E-state index contributed by atoms with van der Waals surface area (Å²) >= 11 is 9.53. The van der Waals surface area contributed by atoms with Gasteiger partial charge in [0.15, 0.2) is 0 Å². The Bertz CT molecular complexity index is 364. The van der Waals surface area contributed by atoms with Gasteiger partial charge < -0.3 is 0 Å². The Labute approximate surface area is 104 Å². The summed E-state index contributed by atoms with van der Waals surface area (Å²) in [6.07, 6.45) is 5.76.